The van der Waals surface area contributed by atoms with E-state index in [1.807, 2.05) is 30.3 Å². The summed E-state index contributed by atoms with van der Waals surface area (Å²) in [5.74, 6) is 0.415. The highest BCUT2D eigenvalue weighted by Gasteiger charge is 2.04. The fourth-order valence-electron chi connectivity index (χ4n) is 1.99. The molecule has 0 atom stereocenters. The maximum Gasteiger partial charge on any atom is 0.248 e. The summed E-state index contributed by atoms with van der Waals surface area (Å²) in [5, 5.41) is 3.34. The molecule has 0 unspecified atom stereocenters. The third-order valence-corrected chi connectivity index (χ3v) is 3.88. The molecule has 5 heteroatoms. The number of primary amides is 1. The summed E-state index contributed by atoms with van der Waals surface area (Å²) in [6.45, 7) is 1.35. The van der Waals surface area contributed by atoms with Gasteiger partial charge in [-0.2, -0.15) is 0 Å². The topological polar surface area (TPSA) is 64.3 Å². The molecular formula is C16H17BrN2O2. The number of benzene rings is 2. The van der Waals surface area contributed by atoms with Crippen molar-refractivity contribution in [2.24, 2.45) is 5.73 Å². The van der Waals surface area contributed by atoms with Crippen LogP contribution in [-0.2, 0) is 13.1 Å². The zero-order chi connectivity index (χ0) is 15.2. The van der Waals surface area contributed by atoms with Gasteiger partial charge in [-0.25, -0.2) is 0 Å². The molecule has 0 spiro atoms. The standard InChI is InChI=1S/C16H17BrN2O2/c1-21-14-5-6-15(17)13(8-14)10-19-9-11-3-2-4-12(7-11)16(18)20/h2-8,19H,9-10H2,1H3,(H2,18,20). The van der Waals surface area contributed by atoms with Crippen LogP contribution in [0.3, 0.4) is 0 Å². The Balaban J connectivity index is 1.98. The van der Waals surface area contributed by atoms with Crippen molar-refractivity contribution in [3.8, 4) is 5.75 Å². The summed E-state index contributed by atoms with van der Waals surface area (Å²) in [7, 11) is 1.65. The van der Waals surface area contributed by atoms with Crippen LogP contribution < -0.4 is 15.8 Å². The fraction of sp³-hybridized carbons (Fsp3) is 0.188. The molecule has 4 nitrogen and oxygen atoms in total. The minimum atomic E-state index is -0.410. The van der Waals surface area contributed by atoms with Crippen molar-refractivity contribution in [1.82, 2.24) is 5.32 Å². The average molecular weight is 349 g/mol. The lowest BCUT2D eigenvalue weighted by atomic mass is 10.1. The lowest BCUT2D eigenvalue weighted by Crippen LogP contribution is -2.15. The van der Waals surface area contributed by atoms with Crippen molar-refractivity contribution >= 4 is 21.8 Å². The maximum absolute atomic E-state index is 11.1. The molecule has 0 heterocycles. The molecular weight excluding hydrogens is 332 g/mol. The second-order valence-electron chi connectivity index (χ2n) is 4.63. The van der Waals surface area contributed by atoms with Crippen molar-refractivity contribution in [2.45, 2.75) is 13.1 Å². The summed E-state index contributed by atoms with van der Waals surface area (Å²) in [6.07, 6.45) is 0. The Bertz CT molecular complexity index is 644. The summed E-state index contributed by atoms with van der Waals surface area (Å²) in [4.78, 5) is 11.1. The van der Waals surface area contributed by atoms with Crippen LogP contribution in [0.4, 0.5) is 0 Å². The molecule has 0 aliphatic rings. The number of amides is 1. The first-order valence-electron chi connectivity index (χ1n) is 6.52. The smallest absolute Gasteiger partial charge is 0.248 e. The fourth-order valence-corrected chi connectivity index (χ4v) is 2.38. The molecule has 110 valence electrons. The summed E-state index contributed by atoms with van der Waals surface area (Å²) in [6, 6.07) is 13.2. The van der Waals surface area contributed by atoms with E-state index in [1.54, 1.807) is 19.2 Å². The molecule has 0 aliphatic heterocycles. The molecule has 0 fully saturated rings. The zero-order valence-corrected chi connectivity index (χ0v) is 13.3. The SMILES string of the molecule is COc1ccc(Br)c(CNCc2cccc(C(N)=O)c2)c1. The van der Waals surface area contributed by atoms with E-state index >= 15 is 0 Å². The maximum atomic E-state index is 11.1. The molecule has 2 aromatic carbocycles. The number of rotatable bonds is 6. The molecule has 21 heavy (non-hydrogen) atoms. The Morgan fingerprint density at radius 1 is 1.24 bits per heavy atom. The third kappa shape index (κ3) is 4.31. The van der Waals surface area contributed by atoms with E-state index in [4.69, 9.17) is 10.5 Å². The van der Waals surface area contributed by atoms with E-state index in [9.17, 15) is 4.79 Å². The normalized spacial score (nSPS) is 10.4. The van der Waals surface area contributed by atoms with Gasteiger partial charge in [0.15, 0.2) is 0 Å². The van der Waals surface area contributed by atoms with Crippen molar-refractivity contribution in [1.29, 1.82) is 0 Å². The molecule has 3 N–H and O–H groups in total. The van der Waals surface area contributed by atoms with Crippen LogP contribution in [0.5, 0.6) is 5.75 Å². The average Bonchev–Trinajstić information content (AvgIpc) is 2.49. The van der Waals surface area contributed by atoms with Gasteiger partial charge >= 0.3 is 0 Å². The number of carbonyl (C=O) groups is 1. The highest BCUT2D eigenvalue weighted by atomic mass is 79.9. The molecule has 0 aromatic heterocycles. The number of carbonyl (C=O) groups excluding carboxylic acids is 1. The van der Waals surface area contributed by atoms with Gasteiger partial charge in [-0.15, -0.1) is 0 Å². The zero-order valence-electron chi connectivity index (χ0n) is 11.7. The Kier molecular flexibility index (Phi) is 5.36. The van der Waals surface area contributed by atoms with Gasteiger partial charge in [0.25, 0.3) is 0 Å². The molecule has 0 bridgehead atoms. The summed E-state index contributed by atoms with van der Waals surface area (Å²) < 4.78 is 6.25. The third-order valence-electron chi connectivity index (χ3n) is 3.11. The molecule has 2 aromatic rings. The Morgan fingerprint density at radius 3 is 2.76 bits per heavy atom. The first kappa shape index (κ1) is 15.5. The van der Waals surface area contributed by atoms with Crippen LogP contribution in [0, 0.1) is 0 Å². The second kappa shape index (κ2) is 7.24. The first-order chi connectivity index (χ1) is 10.1. The lowest BCUT2D eigenvalue weighted by Gasteiger charge is -2.09. The number of hydrogen-bond acceptors (Lipinski definition) is 3. The number of ether oxygens (including phenoxy) is 1. The number of nitrogens with one attached hydrogen (secondary N) is 1. The van der Waals surface area contributed by atoms with Crippen molar-refractivity contribution in [3.05, 3.63) is 63.6 Å². The molecule has 0 aliphatic carbocycles. The van der Waals surface area contributed by atoms with Crippen LogP contribution in [0.2, 0.25) is 0 Å². The highest BCUT2D eigenvalue weighted by molar-refractivity contribution is 9.10. The Labute approximate surface area is 132 Å². The summed E-state index contributed by atoms with van der Waals surface area (Å²) >= 11 is 3.52. The van der Waals surface area contributed by atoms with E-state index in [1.165, 1.54) is 0 Å². The lowest BCUT2D eigenvalue weighted by molar-refractivity contribution is 0.1000. The van der Waals surface area contributed by atoms with Crippen LogP contribution in [0.15, 0.2) is 46.9 Å². The summed E-state index contributed by atoms with van der Waals surface area (Å²) in [5.41, 5.74) is 7.93. The van der Waals surface area contributed by atoms with E-state index in [2.05, 4.69) is 21.2 Å². The molecule has 0 radical (unpaired) electrons. The van der Waals surface area contributed by atoms with Crippen LogP contribution >= 0.6 is 15.9 Å². The van der Waals surface area contributed by atoms with Gasteiger partial charge < -0.3 is 15.8 Å². The quantitative estimate of drug-likeness (QED) is 0.843. The van der Waals surface area contributed by atoms with E-state index in [0.717, 1.165) is 21.3 Å². The monoisotopic (exact) mass is 348 g/mol. The highest BCUT2D eigenvalue weighted by Crippen LogP contribution is 2.22. The van der Waals surface area contributed by atoms with E-state index in [0.29, 0.717) is 18.7 Å². The molecule has 0 saturated heterocycles. The molecule has 2 rings (SSSR count). The predicted octanol–water partition coefficient (Wildman–Crippen LogP) is 2.85. The van der Waals surface area contributed by atoms with Gasteiger partial charge in [0.05, 0.1) is 7.11 Å². The van der Waals surface area contributed by atoms with Gasteiger partial charge in [-0.1, -0.05) is 28.1 Å². The van der Waals surface area contributed by atoms with Crippen molar-refractivity contribution < 1.29 is 9.53 Å². The first-order valence-corrected chi connectivity index (χ1v) is 7.31. The Hall–Kier alpha value is -1.85. The number of hydrogen-bond donors (Lipinski definition) is 2. The number of methoxy groups -OCH3 is 1. The number of nitrogens with two attached hydrogens (primary N) is 1. The minimum Gasteiger partial charge on any atom is -0.497 e. The molecule has 0 saturated carbocycles. The van der Waals surface area contributed by atoms with Gasteiger partial charge in [0.1, 0.15) is 5.75 Å². The van der Waals surface area contributed by atoms with Gasteiger partial charge in [0, 0.05) is 23.1 Å². The van der Waals surface area contributed by atoms with Gasteiger partial charge in [-0.3, -0.25) is 4.79 Å². The van der Waals surface area contributed by atoms with E-state index in [-0.39, 0.29) is 0 Å². The van der Waals surface area contributed by atoms with Crippen LogP contribution in [0.1, 0.15) is 21.5 Å². The molecule has 1 amide bonds. The largest absolute Gasteiger partial charge is 0.497 e. The van der Waals surface area contributed by atoms with E-state index < -0.39 is 5.91 Å². The van der Waals surface area contributed by atoms with Crippen molar-refractivity contribution in [2.75, 3.05) is 7.11 Å². The minimum absolute atomic E-state index is 0.410. The van der Waals surface area contributed by atoms with Crippen LogP contribution in [-0.4, -0.2) is 13.0 Å². The van der Waals surface area contributed by atoms with Gasteiger partial charge in [0.2, 0.25) is 5.91 Å². The second-order valence-corrected chi connectivity index (χ2v) is 5.48. The number of halogens is 1. The van der Waals surface area contributed by atoms with Gasteiger partial charge in [-0.05, 0) is 41.5 Å². The van der Waals surface area contributed by atoms with Crippen LogP contribution in [0.25, 0.3) is 0 Å². The predicted molar refractivity (Wildman–Crippen MR) is 86.2 cm³/mol. The van der Waals surface area contributed by atoms with Crippen molar-refractivity contribution in [3.63, 3.8) is 0 Å². The Morgan fingerprint density at radius 2 is 2.05 bits per heavy atom.